The molecule has 54 valence electrons. The molecule has 0 unspecified atom stereocenters. The number of carbonyl (C=O) groups excluding carboxylic acids is 1. The van der Waals surface area contributed by atoms with Crippen molar-refractivity contribution in [2.45, 2.75) is 6.92 Å². The van der Waals surface area contributed by atoms with E-state index in [4.69, 9.17) is 0 Å². The van der Waals surface area contributed by atoms with Crippen LogP contribution < -0.4 is 0 Å². The Bertz CT molecular complexity index is 208. The molecule has 0 saturated carbocycles. The number of carbonyl (C=O) groups is 1. The van der Waals surface area contributed by atoms with Gasteiger partial charge < -0.3 is 3.93 Å². The average Bonchev–Trinajstić information content (AvgIpc) is 1.88. The Labute approximate surface area is 68.5 Å². The Kier molecular flexibility index (Phi) is 2.27. The normalized spacial score (nSPS) is 17.0. The molecule has 0 saturated heterocycles. The first-order chi connectivity index (χ1) is 4.72. The van der Waals surface area contributed by atoms with Gasteiger partial charge in [0.15, 0.2) is 5.78 Å². The van der Waals surface area contributed by atoms with Crippen molar-refractivity contribution in [3.8, 4) is 0 Å². The van der Waals surface area contributed by atoms with Gasteiger partial charge in [0, 0.05) is 13.5 Å². The largest absolute Gasteiger partial charge is 0.302 e. The van der Waals surface area contributed by atoms with Crippen molar-refractivity contribution >= 4 is 21.9 Å². The fraction of sp³-hybridized carbons (Fsp3) is 0.286. The Hall–Kier alpha value is -0.570. The summed E-state index contributed by atoms with van der Waals surface area (Å²) in [5.41, 5.74) is 0.711. The van der Waals surface area contributed by atoms with Crippen LogP contribution in [0.2, 0.25) is 0 Å². The molecular formula is C7H8BrNO. The van der Waals surface area contributed by atoms with Crippen LogP contribution in [0.15, 0.2) is 23.9 Å². The van der Waals surface area contributed by atoms with Crippen LogP contribution >= 0.6 is 16.1 Å². The van der Waals surface area contributed by atoms with Crippen molar-refractivity contribution < 1.29 is 4.79 Å². The van der Waals surface area contributed by atoms with Crippen LogP contribution in [0.5, 0.6) is 0 Å². The summed E-state index contributed by atoms with van der Waals surface area (Å²) in [7, 11) is 0. The molecule has 3 heteroatoms. The van der Waals surface area contributed by atoms with Gasteiger partial charge in [0.25, 0.3) is 0 Å². The van der Waals surface area contributed by atoms with E-state index in [1.165, 1.54) is 0 Å². The highest BCUT2D eigenvalue weighted by molar-refractivity contribution is 9.07. The fourth-order valence-electron chi connectivity index (χ4n) is 0.780. The fourth-order valence-corrected chi connectivity index (χ4v) is 1.32. The standard InChI is InChI=1S/C7H8BrNO/c1-6(10)7-4-2-3-5-9(7)8/h2-4H,5H2,1H3. The first-order valence-electron chi connectivity index (χ1n) is 3.03. The smallest absolute Gasteiger partial charge is 0.176 e. The zero-order valence-corrected chi connectivity index (χ0v) is 7.26. The number of allylic oxidation sites excluding steroid dienone is 3. The van der Waals surface area contributed by atoms with Gasteiger partial charge >= 0.3 is 0 Å². The minimum Gasteiger partial charge on any atom is -0.302 e. The van der Waals surface area contributed by atoms with Crippen LogP contribution in [-0.2, 0) is 4.79 Å². The molecule has 10 heavy (non-hydrogen) atoms. The summed E-state index contributed by atoms with van der Waals surface area (Å²) in [6.45, 7) is 2.31. The summed E-state index contributed by atoms with van der Waals surface area (Å²) < 4.78 is 1.75. The molecule has 0 aromatic heterocycles. The van der Waals surface area contributed by atoms with E-state index in [9.17, 15) is 4.79 Å². The Morgan fingerprint density at radius 1 is 1.80 bits per heavy atom. The molecule has 1 rings (SSSR count). The third-order valence-electron chi connectivity index (χ3n) is 1.28. The minimum atomic E-state index is 0.0845. The quantitative estimate of drug-likeness (QED) is 0.602. The summed E-state index contributed by atoms with van der Waals surface area (Å²) >= 11 is 3.25. The van der Waals surface area contributed by atoms with Crippen LogP contribution in [0, 0.1) is 0 Å². The predicted octanol–water partition coefficient (Wildman–Crippen LogP) is 1.64. The number of nitrogens with zero attached hydrogens (tertiary/aromatic N) is 1. The first kappa shape index (κ1) is 7.54. The van der Waals surface area contributed by atoms with Gasteiger partial charge in [-0.15, -0.1) is 0 Å². The molecule has 0 amide bonds. The van der Waals surface area contributed by atoms with Crippen LogP contribution in [0.25, 0.3) is 0 Å². The molecule has 1 aliphatic heterocycles. The monoisotopic (exact) mass is 201 g/mol. The Balaban J connectivity index is 2.80. The van der Waals surface area contributed by atoms with Crippen LogP contribution in [-0.4, -0.2) is 16.3 Å². The molecule has 0 aliphatic carbocycles. The van der Waals surface area contributed by atoms with Crippen molar-refractivity contribution in [2.24, 2.45) is 0 Å². The molecule has 0 aromatic rings. The second kappa shape index (κ2) is 3.01. The summed E-state index contributed by atoms with van der Waals surface area (Å²) in [5.74, 6) is 0.0845. The molecular weight excluding hydrogens is 194 g/mol. The third-order valence-corrected chi connectivity index (χ3v) is 1.95. The molecule has 0 bridgehead atoms. The Morgan fingerprint density at radius 3 is 2.90 bits per heavy atom. The van der Waals surface area contributed by atoms with Gasteiger partial charge in [-0.25, -0.2) is 0 Å². The van der Waals surface area contributed by atoms with Gasteiger partial charge in [-0.05, 0) is 6.08 Å². The molecule has 2 nitrogen and oxygen atoms in total. The van der Waals surface area contributed by atoms with Crippen molar-refractivity contribution in [1.82, 2.24) is 3.93 Å². The van der Waals surface area contributed by atoms with Crippen molar-refractivity contribution in [1.29, 1.82) is 0 Å². The zero-order chi connectivity index (χ0) is 7.56. The van der Waals surface area contributed by atoms with Gasteiger partial charge in [-0.1, -0.05) is 12.2 Å². The van der Waals surface area contributed by atoms with Gasteiger partial charge in [0.1, 0.15) is 0 Å². The number of ketones is 1. The molecule has 0 aromatic carbocycles. The lowest BCUT2D eigenvalue weighted by Crippen LogP contribution is -2.18. The van der Waals surface area contributed by atoms with E-state index >= 15 is 0 Å². The van der Waals surface area contributed by atoms with Gasteiger partial charge in [0.2, 0.25) is 0 Å². The molecule has 0 spiro atoms. The molecule has 1 heterocycles. The lowest BCUT2D eigenvalue weighted by Gasteiger charge is -2.17. The highest BCUT2D eigenvalue weighted by Crippen LogP contribution is 2.14. The Morgan fingerprint density at radius 2 is 2.50 bits per heavy atom. The summed E-state index contributed by atoms with van der Waals surface area (Å²) in [5, 5.41) is 0. The molecule has 0 radical (unpaired) electrons. The van der Waals surface area contributed by atoms with E-state index < -0.39 is 0 Å². The van der Waals surface area contributed by atoms with Crippen molar-refractivity contribution in [2.75, 3.05) is 6.54 Å². The van der Waals surface area contributed by atoms with Crippen molar-refractivity contribution in [3.63, 3.8) is 0 Å². The number of Topliss-reactive ketones (excluding diaryl/α,β-unsaturated/α-hetero) is 1. The number of hydrogen-bond donors (Lipinski definition) is 0. The predicted molar refractivity (Wildman–Crippen MR) is 43.5 cm³/mol. The van der Waals surface area contributed by atoms with Crippen LogP contribution in [0.3, 0.4) is 0 Å². The van der Waals surface area contributed by atoms with E-state index in [1.807, 2.05) is 12.2 Å². The topological polar surface area (TPSA) is 20.3 Å². The number of halogens is 1. The van der Waals surface area contributed by atoms with E-state index in [0.29, 0.717) is 5.70 Å². The average molecular weight is 202 g/mol. The van der Waals surface area contributed by atoms with Gasteiger partial charge in [-0.3, -0.25) is 4.79 Å². The third kappa shape index (κ3) is 1.48. The minimum absolute atomic E-state index is 0.0845. The second-order valence-electron chi connectivity index (χ2n) is 2.08. The summed E-state index contributed by atoms with van der Waals surface area (Å²) in [6, 6.07) is 0. The molecule has 1 aliphatic rings. The first-order valence-corrected chi connectivity index (χ1v) is 3.74. The zero-order valence-electron chi connectivity index (χ0n) is 5.67. The summed E-state index contributed by atoms with van der Waals surface area (Å²) in [4.78, 5) is 10.8. The highest BCUT2D eigenvalue weighted by Gasteiger charge is 2.10. The van der Waals surface area contributed by atoms with E-state index in [0.717, 1.165) is 6.54 Å². The maximum atomic E-state index is 10.8. The molecule has 0 N–H and O–H groups in total. The molecule has 0 atom stereocenters. The highest BCUT2D eigenvalue weighted by atomic mass is 79.9. The van der Waals surface area contributed by atoms with E-state index in [1.54, 1.807) is 16.9 Å². The summed E-state index contributed by atoms with van der Waals surface area (Å²) in [6.07, 6.45) is 5.65. The number of hydrogen-bond acceptors (Lipinski definition) is 2. The van der Waals surface area contributed by atoms with E-state index in [2.05, 4.69) is 16.1 Å². The lowest BCUT2D eigenvalue weighted by atomic mass is 10.2. The maximum Gasteiger partial charge on any atom is 0.176 e. The molecule has 0 fully saturated rings. The maximum absolute atomic E-state index is 10.8. The van der Waals surface area contributed by atoms with E-state index in [-0.39, 0.29) is 5.78 Å². The van der Waals surface area contributed by atoms with Gasteiger partial charge in [-0.2, -0.15) is 0 Å². The SMILES string of the molecule is CC(=O)C1=CC=CCN1Br. The van der Waals surface area contributed by atoms with Crippen molar-refractivity contribution in [3.05, 3.63) is 23.9 Å². The van der Waals surface area contributed by atoms with Crippen LogP contribution in [0.4, 0.5) is 0 Å². The van der Waals surface area contributed by atoms with Crippen LogP contribution in [0.1, 0.15) is 6.92 Å². The number of rotatable bonds is 1. The lowest BCUT2D eigenvalue weighted by molar-refractivity contribution is -0.114. The second-order valence-corrected chi connectivity index (χ2v) is 2.94. The van der Waals surface area contributed by atoms with Gasteiger partial charge in [0.05, 0.1) is 21.8 Å².